The van der Waals surface area contributed by atoms with Crippen LogP contribution >= 0.6 is 15.9 Å². The van der Waals surface area contributed by atoms with E-state index in [1.165, 1.54) is 22.2 Å². The lowest BCUT2D eigenvalue weighted by Crippen LogP contribution is -1.87. The number of hydrogen-bond acceptors (Lipinski definition) is 0. The molecule has 1 aromatic carbocycles. The molecule has 0 N–H and O–H groups in total. The maximum atomic E-state index is 3.63. The molecule has 0 unspecified atom stereocenters. The van der Waals surface area contributed by atoms with E-state index in [0.29, 0.717) is 0 Å². The minimum atomic E-state index is 1.12. The van der Waals surface area contributed by atoms with Crippen LogP contribution in [0.5, 0.6) is 0 Å². The van der Waals surface area contributed by atoms with Crippen molar-refractivity contribution >= 4 is 21.4 Å². The highest BCUT2D eigenvalue weighted by Gasteiger charge is 2.05. The topological polar surface area (TPSA) is 4.41 Å². The summed E-state index contributed by atoms with van der Waals surface area (Å²) >= 11 is 3.63. The zero-order chi connectivity index (χ0) is 11.8. The van der Waals surface area contributed by atoms with Crippen molar-refractivity contribution < 1.29 is 0 Å². The molecule has 0 saturated heterocycles. The van der Waals surface area contributed by atoms with E-state index in [2.05, 4.69) is 75.9 Å². The van der Waals surface area contributed by atoms with Gasteiger partial charge >= 0.3 is 0 Å². The Bertz CT molecular complexity index is 668. The highest BCUT2D eigenvalue weighted by molar-refractivity contribution is 9.10. The van der Waals surface area contributed by atoms with Gasteiger partial charge < -0.3 is 4.40 Å². The summed E-state index contributed by atoms with van der Waals surface area (Å²) in [4.78, 5) is 0. The molecule has 2 heterocycles. The maximum absolute atomic E-state index is 3.63. The fourth-order valence-corrected chi connectivity index (χ4v) is 2.48. The molecular weight excluding hydrogens is 274 g/mol. The summed E-state index contributed by atoms with van der Waals surface area (Å²) in [5.41, 5.74) is 4.95. The van der Waals surface area contributed by atoms with Crippen LogP contribution in [0.1, 0.15) is 5.56 Å². The molecule has 17 heavy (non-hydrogen) atoms. The first-order chi connectivity index (χ1) is 8.25. The first-order valence-electron chi connectivity index (χ1n) is 5.58. The second-order valence-electron chi connectivity index (χ2n) is 4.20. The molecule has 3 rings (SSSR count). The number of fused-ring (bicyclic) bond motifs is 1. The lowest BCUT2D eigenvalue weighted by Gasteiger charge is -2.01. The van der Waals surface area contributed by atoms with Gasteiger partial charge in [0, 0.05) is 17.3 Å². The number of nitrogens with zero attached hydrogens (tertiary/aromatic N) is 1. The predicted molar refractivity (Wildman–Crippen MR) is 75.3 cm³/mol. The van der Waals surface area contributed by atoms with Crippen molar-refractivity contribution in [2.75, 3.05) is 0 Å². The molecule has 0 aliphatic rings. The molecule has 1 nitrogen and oxygen atoms in total. The fraction of sp³-hybridized carbons (Fsp3) is 0.0667. The van der Waals surface area contributed by atoms with Gasteiger partial charge in [0.25, 0.3) is 0 Å². The van der Waals surface area contributed by atoms with Crippen molar-refractivity contribution in [1.29, 1.82) is 0 Å². The van der Waals surface area contributed by atoms with E-state index in [1.54, 1.807) is 0 Å². The summed E-state index contributed by atoms with van der Waals surface area (Å²) in [7, 11) is 0. The molecule has 84 valence electrons. The van der Waals surface area contributed by atoms with Gasteiger partial charge in [-0.15, -0.1) is 0 Å². The molecule has 0 bridgehead atoms. The zero-order valence-electron chi connectivity index (χ0n) is 9.52. The van der Waals surface area contributed by atoms with Crippen LogP contribution in [0.2, 0.25) is 0 Å². The standard InChI is InChI=1S/C15H12BrN/c1-11-7-8-14-9-13(10-17(14)15(11)16)12-5-3-2-4-6-12/h2-10H,1H3. The van der Waals surface area contributed by atoms with E-state index in [1.807, 2.05) is 6.07 Å². The van der Waals surface area contributed by atoms with Crippen molar-refractivity contribution in [3.05, 3.63) is 64.9 Å². The number of halogens is 1. The van der Waals surface area contributed by atoms with E-state index < -0.39 is 0 Å². The Balaban J connectivity index is 2.24. The van der Waals surface area contributed by atoms with Crippen molar-refractivity contribution in [1.82, 2.24) is 4.40 Å². The average Bonchev–Trinajstić information content (AvgIpc) is 2.80. The molecule has 0 aliphatic heterocycles. The molecule has 0 aliphatic carbocycles. The van der Waals surface area contributed by atoms with Gasteiger partial charge in [-0.2, -0.15) is 0 Å². The Hall–Kier alpha value is -1.54. The molecule has 0 spiro atoms. The number of rotatable bonds is 1. The maximum Gasteiger partial charge on any atom is 0.0921 e. The SMILES string of the molecule is Cc1ccc2cc(-c3ccccc3)cn2c1Br. The van der Waals surface area contributed by atoms with Gasteiger partial charge in [0.1, 0.15) is 0 Å². The molecule has 0 atom stereocenters. The Morgan fingerprint density at radius 1 is 0.941 bits per heavy atom. The van der Waals surface area contributed by atoms with Crippen molar-refractivity contribution in [3.8, 4) is 11.1 Å². The highest BCUT2D eigenvalue weighted by Crippen LogP contribution is 2.26. The van der Waals surface area contributed by atoms with Gasteiger partial charge in [0.2, 0.25) is 0 Å². The van der Waals surface area contributed by atoms with Crippen LogP contribution in [-0.2, 0) is 0 Å². The van der Waals surface area contributed by atoms with E-state index in [9.17, 15) is 0 Å². The predicted octanol–water partition coefficient (Wildman–Crippen LogP) is 4.68. The summed E-state index contributed by atoms with van der Waals surface area (Å²) < 4.78 is 3.30. The van der Waals surface area contributed by atoms with E-state index >= 15 is 0 Å². The summed E-state index contributed by atoms with van der Waals surface area (Å²) in [5.74, 6) is 0. The molecule has 0 radical (unpaired) electrons. The van der Waals surface area contributed by atoms with Gasteiger partial charge in [-0.1, -0.05) is 36.4 Å². The molecule has 2 aromatic heterocycles. The molecule has 3 aromatic rings. The van der Waals surface area contributed by atoms with E-state index in [0.717, 1.165) is 4.60 Å². The second kappa shape index (κ2) is 4.04. The largest absolute Gasteiger partial charge is 0.310 e. The molecule has 0 saturated carbocycles. The van der Waals surface area contributed by atoms with Crippen LogP contribution in [0, 0.1) is 6.92 Å². The average molecular weight is 286 g/mol. The number of aromatic nitrogens is 1. The van der Waals surface area contributed by atoms with Crippen LogP contribution in [0.25, 0.3) is 16.6 Å². The fourth-order valence-electron chi connectivity index (χ4n) is 2.04. The summed E-state index contributed by atoms with van der Waals surface area (Å²) in [6, 6.07) is 16.9. The third-order valence-corrected chi connectivity index (χ3v) is 4.01. The minimum absolute atomic E-state index is 1.12. The van der Waals surface area contributed by atoms with Crippen LogP contribution in [0.3, 0.4) is 0 Å². The van der Waals surface area contributed by atoms with Crippen LogP contribution in [-0.4, -0.2) is 4.40 Å². The third kappa shape index (κ3) is 1.79. The molecule has 0 fully saturated rings. The van der Waals surface area contributed by atoms with Gasteiger partial charge in [-0.25, -0.2) is 0 Å². The Labute approximate surface area is 109 Å². The quantitative estimate of drug-likeness (QED) is 0.572. The van der Waals surface area contributed by atoms with Crippen molar-refractivity contribution in [2.45, 2.75) is 6.92 Å². The lowest BCUT2D eigenvalue weighted by molar-refractivity contribution is 1.12. The van der Waals surface area contributed by atoms with Gasteiger partial charge in [-0.05, 0) is 46.1 Å². The van der Waals surface area contributed by atoms with Crippen molar-refractivity contribution in [2.24, 2.45) is 0 Å². The lowest BCUT2D eigenvalue weighted by atomic mass is 10.1. The number of hydrogen-bond donors (Lipinski definition) is 0. The Morgan fingerprint density at radius 2 is 1.71 bits per heavy atom. The molecule has 0 amide bonds. The van der Waals surface area contributed by atoms with E-state index in [4.69, 9.17) is 0 Å². The first kappa shape index (κ1) is 10.6. The number of benzene rings is 1. The van der Waals surface area contributed by atoms with Gasteiger partial charge in [0.15, 0.2) is 0 Å². The Morgan fingerprint density at radius 3 is 2.47 bits per heavy atom. The van der Waals surface area contributed by atoms with E-state index in [-0.39, 0.29) is 0 Å². The summed E-state index contributed by atoms with van der Waals surface area (Å²) in [6.07, 6.45) is 2.17. The summed E-state index contributed by atoms with van der Waals surface area (Å²) in [5, 5.41) is 0. The minimum Gasteiger partial charge on any atom is -0.310 e. The van der Waals surface area contributed by atoms with Gasteiger partial charge in [0.05, 0.1) is 4.60 Å². The number of aryl methyl sites for hydroxylation is 1. The van der Waals surface area contributed by atoms with Crippen LogP contribution < -0.4 is 0 Å². The smallest absolute Gasteiger partial charge is 0.0921 e. The van der Waals surface area contributed by atoms with Crippen molar-refractivity contribution in [3.63, 3.8) is 0 Å². The second-order valence-corrected chi connectivity index (χ2v) is 4.95. The van der Waals surface area contributed by atoms with Crippen LogP contribution in [0.4, 0.5) is 0 Å². The highest BCUT2D eigenvalue weighted by atomic mass is 79.9. The third-order valence-electron chi connectivity index (χ3n) is 3.00. The summed E-state index contributed by atoms with van der Waals surface area (Å²) in [6.45, 7) is 2.10. The Kier molecular flexibility index (Phi) is 2.52. The number of pyridine rings is 1. The van der Waals surface area contributed by atoms with Gasteiger partial charge in [-0.3, -0.25) is 0 Å². The first-order valence-corrected chi connectivity index (χ1v) is 6.37. The molecule has 2 heteroatoms. The zero-order valence-corrected chi connectivity index (χ0v) is 11.1. The monoisotopic (exact) mass is 285 g/mol. The van der Waals surface area contributed by atoms with Crippen LogP contribution in [0.15, 0.2) is 59.3 Å². The normalized spacial score (nSPS) is 10.9. The molecular formula is C15H12BrN.